The van der Waals surface area contributed by atoms with Crippen molar-refractivity contribution < 1.29 is 8.78 Å². The van der Waals surface area contributed by atoms with Gasteiger partial charge in [0.05, 0.1) is 6.67 Å². The first-order valence-corrected chi connectivity index (χ1v) is 9.06. The number of allylic oxidation sites excluding steroid dienone is 6. The minimum Gasteiger partial charge on any atom is -0.251 e. The van der Waals surface area contributed by atoms with Crippen LogP contribution in [-0.4, -0.2) is 12.3 Å². The lowest BCUT2D eigenvalue weighted by molar-refractivity contribution is 0.138. The van der Waals surface area contributed by atoms with E-state index >= 15 is 4.39 Å². The maximum absolute atomic E-state index is 15.3. The maximum atomic E-state index is 15.3. The predicted molar refractivity (Wildman–Crippen MR) is 96.5 cm³/mol. The average molecular weight is 328 g/mol. The molecular formula is C22H26F2. The first kappa shape index (κ1) is 17.1. The van der Waals surface area contributed by atoms with Crippen LogP contribution in [0.2, 0.25) is 0 Å². The first-order chi connectivity index (χ1) is 11.7. The van der Waals surface area contributed by atoms with Crippen molar-refractivity contribution >= 4 is 0 Å². The van der Waals surface area contributed by atoms with E-state index in [1.165, 1.54) is 5.56 Å². The van der Waals surface area contributed by atoms with Crippen molar-refractivity contribution in [2.24, 2.45) is 11.8 Å². The summed E-state index contributed by atoms with van der Waals surface area (Å²) in [6, 6.07) is 10.2. The summed E-state index contributed by atoms with van der Waals surface area (Å²) >= 11 is 0. The predicted octanol–water partition coefficient (Wildman–Crippen LogP) is 6.33. The first-order valence-electron chi connectivity index (χ1n) is 9.06. The molecule has 0 saturated heterocycles. The lowest BCUT2D eigenvalue weighted by Crippen LogP contribution is -2.33. The second-order valence-electron chi connectivity index (χ2n) is 7.00. The van der Waals surface area contributed by atoms with Gasteiger partial charge in [0.2, 0.25) is 0 Å². The molecule has 0 N–H and O–H groups in total. The third kappa shape index (κ3) is 4.03. The van der Waals surface area contributed by atoms with Crippen LogP contribution in [0.25, 0.3) is 0 Å². The Kier molecular flexibility index (Phi) is 5.65. The summed E-state index contributed by atoms with van der Waals surface area (Å²) in [5, 5.41) is 0. The van der Waals surface area contributed by atoms with Crippen molar-refractivity contribution in [1.29, 1.82) is 0 Å². The van der Waals surface area contributed by atoms with Crippen molar-refractivity contribution in [3.63, 3.8) is 0 Å². The average Bonchev–Trinajstić information content (AvgIpc) is 2.64. The van der Waals surface area contributed by atoms with Gasteiger partial charge in [-0.3, -0.25) is 4.39 Å². The van der Waals surface area contributed by atoms with Crippen LogP contribution in [0.5, 0.6) is 0 Å². The van der Waals surface area contributed by atoms with Crippen LogP contribution in [0.15, 0.2) is 66.8 Å². The summed E-state index contributed by atoms with van der Waals surface area (Å²) in [4.78, 5) is 0. The minimum absolute atomic E-state index is 0.0625. The molecule has 2 aliphatic carbocycles. The summed E-state index contributed by atoms with van der Waals surface area (Å²) in [5.41, 5.74) is -0.104. The van der Waals surface area contributed by atoms with Crippen LogP contribution in [0.4, 0.5) is 8.78 Å². The summed E-state index contributed by atoms with van der Waals surface area (Å²) in [7, 11) is 0. The van der Waals surface area contributed by atoms with Gasteiger partial charge in [-0.25, -0.2) is 4.39 Å². The van der Waals surface area contributed by atoms with Crippen LogP contribution in [0, 0.1) is 11.8 Å². The van der Waals surface area contributed by atoms with Crippen LogP contribution in [0.3, 0.4) is 0 Å². The van der Waals surface area contributed by atoms with Crippen molar-refractivity contribution in [2.45, 2.75) is 43.7 Å². The van der Waals surface area contributed by atoms with Gasteiger partial charge in [0, 0.05) is 11.8 Å². The zero-order valence-electron chi connectivity index (χ0n) is 14.1. The summed E-state index contributed by atoms with van der Waals surface area (Å²) in [6.07, 6.45) is 15.9. The number of hydrogen-bond donors (Lipinski definition) is 0. The molecule has 24 heavy (non-hydrogen) atoms. The van der Waals surface area contributed by atoms with Crippen molar-refractivity contribution in [1.82, 2.24) is 0 Å². The van der Waals surface area contributed by atoms with Gasteiger partial charge in [-0.1, -0.05) is 54.6 Å². The van der Waals surface area contributed by atoms with E-state index in [9.17, 15) is 4.39 Å². The molecule has 0 aromatic heterocycles. The van der Waals surface area contributed by atoms with E-state index in [1.807, 2.05) is 36.4 Å². The minimum atomic E-state index is -1.31. The molecule has 0 aliphatic heterocycles. The Morgan fingerprint density at radius 3 is 2.29 bits per heavy atom. The zero-order valence-corrected chi connectivity index (χ0v) is 14.1. The monoisotopic (exact) mass is 328 g/mol. The molecular weight excluding hydrogens is 302 g/mol. The van der Waals surface area contributed by atoms with Crippen LogP contribution < -0.4 is 0 Å². The number of rotatable bonds is 5. The van der Waals surface area contributed by atoms with E-state index in [4.69, 9.17) is 0 Å². The molecule has 0 unspecified atom stereocenters. The van der Waals surface area contributed by atoms with Crippen molar-refractivity contribution in [2.75, 3.05) is 6.67 Å². The second kappa shape index (κ2) is 7.92. The summed E-state index contributed by atoms with van der Waals surface area (Å²) in [6.45, 7) is -0.294. The smallest absolute Gasteiger partial charge is 0.150 e. The molecule has 0 atom stereocenters. The van der Waals surface area contributed by atoms with Gasteiger partial charge in [0.25, 0.3) is 0 Å². The third-order valence-electron chi connectivity index (χ3n) is 5.38. The highest BCUT2D eigenvalue weighted by Crippen LogP contribution is 2.42. The summed E-state index contributed by atoms with van der Waals surface area (Å²) in [5.74, 6) is 0.729. The fourth-order valence-electron chi connectivity index (χ4n) is 3.90. The number of benzene rings is 1. The van der Waals surface area contributed by atoms with Gasteiger partial charge >= 0.3 is 0 Å². The molecule has 1 aromatic rings. The molecule has 0 heterocycles. The van der Waals surface area contributed by atoms with Crippen molar-refractivity contribution in [3.05, 3.63) is 72.4 Å². The quantitative estimate of drug-likeness (QED) is 0.554. The number of halogens is 2. The molecule has 0 radical (unpaired) electrons. The molecule has 0 bridgehead atoms. The highest BCUT2D eigenvalue weighted by molar-refractivity contribution is 5.35. The Hall–Kier alpha value is -1.70. The topological polar surface area (TPSA) is 0 Å². The molecule has 2 aliphatic rings. The fourth-order valence-corrected chi connectivity index (χ4v) is 3.90. The highest BCUT2D eigenvalue weighted by atomic mass is 19.1. The Bertz CT molecular complexity index is 578. The molecule has 1 aromatic carbocycles. The lowest BCUT2D eigenvalue weighted by atomic mass is 9.72. The van der Waals surface area contributed by atoms with E-state index in [1.54, 1.807) is 12.2 Å². The van der Waals surface area contributed by atoms with E-state index in [-0.39, 0.29) is 18.5 Å². The zero-order chi connectivity index (χ0) is 16.8. The van der Waals surface area contributed by atoms with Gasteiger partial charge < -0.3 is 0 Å². The summed E-state index contributed by atoms with van der Waals surface area (Å²) < 4.78 is 27.5. The molecule has 1 saturated carbocycles. The largest absolute Gasteiger partial charge is 0.251 e. The normalized spacial score (nSPS) is 33.2. The van der Waals surface area contributed by atoms with Gasteiger partial charge in [-0.05, 0) is 55.7 Å². The molecule has 128 valence electrons. The molecule has 3 rings (SSSR count). The molecule has 0 nitrogen and oxygen atoms in total. The molecule has 0 spiro atoms. The van der Waals surface area contributed by atoms with Gasteiger partial charge in [0.15, 0.2) is 0 Å². The van der Waals surface area contributed by atoms with Crippen LogP contribution in [0.1, 0.15) is 43.6 Å². The standard InChI is InChI=1S/C22H26F2/c23-17-5-4-6-18-9-11-21(12-10-18)22(24)15-13-20(14-16-22)19-7-2-1-3-8-19/h1-4,6-8,13-16,18,20-21H,5,9-12,17H2/b6-4+/t18-,20?,21-,22?. The van der Waals surface area contributed by atoms with Gasteiger partial charge in [0.1, 0.15) is 5.67 Å². The third-order valence-corrected chi connectivity index (χ3v) is 5.38. The maximum Gasteiger partial charge on any atom is 0.150 e. The Labute approximate surface area is 144 Å². The Balaban J connectivity index is 1.58. The number of alkyl halides is 2. The van der Waals surface area contributed by atoms with Crippen molar-refractivity contribution in [3.8, 4) is 0 Å². The lowest BCUT2D eigenvalue weighted by Gasteiger charge is -2.36. The Morgan fingerprint density at radius 1 is 1.00 bits per heavy atom. The molecule has 1 fully saturated rings. The van der Waals surface area contributed by atoms with Gasteiger partial charge in [-0.2, -0.15) is 0 Å². The van der Waals surface area contributed by atoms with E-state index in [0.717, 1.165) is 25.7 Å². The second-order valence-corrected chi connectivity index (χ2v) is 7.00. The van der Waals surface area contributed by atoms with Crippen LogP contribution >= 0.6 is 0 Å². The van der Waals surface area contributed by atoms with E-state index in [0.29, 0.717) is 12.3 Å². The fraction of sp³-hybridized carbons (Fsp3) is 0.455. The molecule has 0 amide bonds. The molecule has 2 heteroatoms. The highest BCUT2D eigenvalue weighted by Gasteiger charge is 2.38. The van der Waals surface area contributed by atoms with E-state index in [2.05, 4.69) is 18.2 Å². The van der Waals surface area contributed by atoms with Gasteiger partial charge in [-0.15, -0.1) is 0 Å². The van der Waals surface area contributed by atoms with E-state index < -0.39 is 5.67 Å². The Morgan fingerprint density at radius 2 is 1.67 bits per heavy atom. The SMILES string of the molecule is FCC/C=C/[C@H]1CC[C@H](C2(F)C=CC(c3ccccc3)C=C2)CC1. The number of hydrogen-bond acceptors (Lipinski definition) is 0. The van der Waals surface area contributed by atoms with Crippen LogP contribution in [-0.2, 0) is 0 Å².